The maximum absolute atomic E-state index is 15.4. The largest absolute Gasteiger partial charge is 0.470 e. The molecule has 0 spiro atoms. The number of imidazole rings is 1. The van der Waals surface area contributed by atoms with Gasteiger partial charge in [-0.3, -0.25) is 9.09 Å². The Kier molecular flexibility index (Phi) is 3.43. The topological polar surface area (TPSA) is 178 Å². The van der Waals surface area contributed by atoms with Gasteiger partial charge in [0, 0.05) is 7.05 Å². The highest BCUT2D eigenvalue weighted by Crippen LogP contribution is 2.65. The number of aliphatic hydroxyl groups is 1. The molecular weight excluding hydrogens is 374 g/mol. The van der Waals surface area contributed by atoms with Crippen LogP contribution < -0.4 is 11.1 Å². The molecule has 0 bridgehead atoms. The van der Waals surface area contributed by atoms with Crippen LogP contribution in [0.5, 0.6) is 0 Å². The lowest BCUT2D eigenvalue weighted by Crippen LogP contribution is -2.45. The minimum atomic E-state index is -4.92. The second-order valence-electron chi connectivity index (χ2n) is 6.33. The zero-order valence-corrected chi connectivity index (χ0v) is 14.5. The molecule has 1 saturated heterocycles. The highest BCUT2D eigenvalue weighted by molar-refractivity contribution is 7.46. The van der Waals surface area contributed by atoms with Crippen molar-refractivity contribution in [2.45, 2.75) is 36.6 Å². The molecule has 0 radical (unpaired) electrons. The smallest absolute Gasteiger partial charge is 0.381 e. The molecule has 142 valence electrons. The lowest BCUT2D eigenvalue weighted by atomic mass is 9.97. The van der Waals surface area contributed by atoms with Crippen LogP contribution in [0.25, 0.3) is 11.2 Å². The van der Waals surface area contributed by atoms with E-state index in [9.17, 15) is 9.67 Å². The second kappa shape index (κ2) is 5.09. The average molecular weight is 390 g/mol. The highest BCUT2D eigenvalue weighted by atomic mass is 31.2. The maximum Gasteiger partial charge on any atom is 0.470 e. The summed E-state index contributed by atoms with van der Waals surface area (Å²) >= 11 is 0. The summed E-state index contributed by atoms with van der Waals surface area (Å²) in [6.07, 6.45) is -2.85. The zero-order valence-electron chi connectivity index (χ0n) is 13.6. The summed E-state index contributed by atoms with van der Waals surface area (Å²) in [6, 6.07) is 0. The number of fused-ring (bicyclic) bond motifs is 2. The number of halogens is 1. The Labute approximate surface area is 145 Å². The Hall–Kier alpha value is -1.89. The predicted molar refractivity (Wildman–Crippen MR) is 84.6 cm³/mol. The van der Waals surface area contributed by atoms with E-state index in [1.165, 1.54) is 10.9 Å². The number of aromatic nitrogens is 4. The van der Waals surface area contributed by atoms with Crippen LogP contribution in [0.4, 0.5) is 16.2 Å². The Morgan fingerprint density at radius 1 is 1.50 bits per heavy atom. The minimum Gasteiger partial charge on any atom is -0.381 e. The van der Waals surface area contributed by atoms with Crippen LogP contribution in [0, 0.1) is 0 Å². The van der Waals surface area contributed by atoms with Crippen LogP contribution in [-0.4, -0.2) is 64.9 Å². The lowest BCUT2D eigenvalue weighted by molar-refractivity contribution is -0.112. The average Bonchev–Trinajstić information content (AvgIpc) is 2.82. The van der Waals surface area contributed by atoms with Crippen molar-refractivity contribution in [3.63, 3.8) is 0 Å². The van der Waals surface area contributed by atoms with Crippen molar-refractivity contribution in [1.82, 2.24) is 19.5 Å². The van der Waals surface area contributed by atoms with Crippen LogP contribution in [0.2, 0.25) is 0 Å². The monoisotopic (exact) mass is 390 g/mol. The molecule has 1 unspecified atom stereocenters. The Bertz CT molecular complexity index is 948. The molecule has 1 saturated carbocycles. The first-order valence-corrected chi connectivity index (χ1v) is 9.02. The van der Waals surface area contributed by atoms with E-state index in [0.29, 0.717) is 11.3 Å². The number of hydrogen-bond donors (Lipinski definition) is 5. The van der Waals surface area contributed by atoms with Crippen LogP contribution >= 0.6 is 7.82 Å². The van der Waals surface area contributed by atoms with E-state index in [4.69, 9.17) is 20.3 Å². The number of phosphoric ester groups is 1. The Balaban J connectivity index is 1.73. The van der Waals surface area contributed by atoms with Gasteiger partial charge >= 0.3 is 7.82 Å². The molecule has 6 N–H and O–H groups in total. The number of nitrogen functional groups attached to an aromatic ring is 1. The van der Waals surface area contributed by atoms with Crippen molar-refractivity contribution in [2.75, 3.05) is 18.1 Å². The maximum atomic E-state index is 15.4. The van der Waals surface area contributed by atoms with Crippen molar-refractivity contribution in [1.29, 1.82) is 0 Å². The molecule has 0 aromatic carbocycles. The van der Waals surface area contributed by atoms with Crippen LogP contribution in [0.15, 0.2) is 6.33 Å². The number of nitrogens with zero attached hydrogens (tertiary/aromatic N) is 4. The molecule has 3 heterocycles. The van der Waals surface area contributed by atoms with E-state index in [1.807, 2.05) is 0 Å². The van der Waals surface area contributed by atoms with E-state index in [2.05, 4.69) is 24.8 Å². The van der Waals surface area contributed by atoms with Crippen LogP contribution in [0.1, 0.15) is 13.2 Å². The van der Waals surface area contributed by atoms with Gasteiger partial charge in [0.15, 0.2) is 34.5 Å². The molecule has 4 rings (SSSR count). The zero-order chi connectivity index (χ0) is 19.1. The van der Waals surface area contributed by atoms with Crippen molar-refractivity contribution in [2.24, 2.45) is 0 Å². The Morgan fingerprint density at radius 2 is 2.19 bits per heavy atom. The molecule has 0 amide bonds. The molecular formula is C12H16FN6O6P. The number of nitrogens with two attached hydrogens (primary N) is 1. The van der Waals surface area contributed by atoms with Gasteiger partial charge in [0.1, 0.15) is 12.2 Å². The summed E-state index contributed by atoms with van der Waals surface area (Å²) < 4.78 is 37.6. The van der Waals surface area contributed by atoms with E-state index in [1.54, 1.807) is 7.05 Å². The molecule has 12 nitrogen and oxygen atoms in total. The standard InChI is InChI=1S/C12H16FN6O6P/c1-11(13)9(24-5-6(12(5,11)20)25-26(21,22)23)19-3-16-4-7(15-2)17-10(14)18-8(4)19/h3,5-6,9,20H,1-2H3,(H2,21,22,23)(H3,14,15,17,18)/t5-,6?,9-,11+,12+/m1/s1. The summed E-state index contributed by atoms with van der Waals surface area (Å²) in [5, 5.41) is 13.3. The lowest BCUT2D eigenvalue weighted by Gasteiger charge is -2.30. The third-order valence-electron chi connectivity index (χ3n) is 4.73. The third-order valence-corrected chi connectivity index (χ3v) is 5.24. The molecule has 1 aliphatic carbocycles. The number of rotatable bonds is 4. The normalized spacial score (nSPS) is 36.3. The van der Waals surface area contributed by atoms with E-state index in [0.717, 1.165) is 6.92 Å². The van der Waals surface area contributed by atoms with Crippen LogP contribution in [-0.2, 0) is 13.8 Å². The van der Waals surface area contributed by atoms with Gasteiger partial charge in [-0.15, -0.1) is 0 Å². The molecule has 5 atom stereocenters. The second-order valence-corrected chi connectivity index (χ2v) is 7.52. The summed E-state index contributed by atoms with van der Waals surface area (Å²) in [5.41, 5.74) is 1.47. The van der Waals surface area contributed by atoms with Crippen molar-refractivity contribution >= 4 is 30.8 Å². The summed E-state index contributed by atoms with van der Waals surface area (Å²) in [6.45, 7) is 1.05. The Morgan fingerprint density at radius 3 is 2.73 bits per heavy atom. The number of nitrogens with one attached hydrogen (secondary N) is 1. The third kappa shape index (κ3) is 2.19. The van der Waals surface area contributed by atoms with Gasteiger partial charge in [-0.05, 0) is 6.92 Å². The first-order chi connectivity index (χ1) is 12.0. The van der Waals surface area contributed by atoms with E-state index in [-0.39, 0.29) is 11.6 Å². The molecule has 2 fully saturated rings. The van der Waals surface area contributed by atoms with Crippen molar-refractivity contribution in [3.8, 4) is 0 Å². The molecule has 2 aromatic rings. The number of anilines is 2. The van der Waals surface area contributed by atoms with Gasteiger partial charge in [-0.1, -0.05) is 0 Å². The summed E-state index contributed by atoms with van der Waals surface area (Å²) in [4.78, 5) is 29.9. The minimum absolute atomic E-state index is 0.0752. The van der Waals surface area contributed by atoms with Gasteiger partial charge in [0.2, 0.25) is 5.95 Å². The SMILES string of the molecule is CNc1nc(N)nc2c1ncn2[C@@H]1O[C@@H]2C(OP(=O)(O)O)[C@]2(O)[C@@]1(C)F. The molecule has 2 aliphatic rings. The highest BCUT2D eigenvalue weighted by Gasteiger charge is 2.85. The van der Waals surface area contributed by atoms with Gasteiger partial charge in [-0.25, -0.2) is 13.9 Å². The molecule has 1 aliphatic heterocycles. The number of alkyl halides is 1. The van der Waals surface area contributed by atoms with Gasteiger partial charge < -0.3 is 30.7 Å². The van der Waals surface area contributed by atoms with Gasteiger partial charge in [-0.2, -0.15) is 9.97 Å². The molecule has 14 heteroatoms. The summed E-state index contributed by atoms with van der Waals surface area (Å²) in [7, 11) is -3.32. The fourth-order valence-electron chi connectivity index (χ4n) is 3.40. The molecule has 26 heavy (non-hydrogen) atoms. The van der Waals surface area contributed by atoms with E-state index < -0.39 is 37.5 Å². The fourth-order valence-corrected chi connectivity index (χ4v) is 3.97. The quantitative estimate of drug-likeness (QED) is 0.417. The number of phosphoric acid groups is 1. The molecule has 2 aromatic heterocycles. The van der Waals surface area contributed by atoms with Crippen molar-refractivity contribution in [3.05, 3.63) is 6.33 Å². The fraction of sp³-hybridized carbons (Fsp3) is 0.583. The van der Waals surface area contributed by atoms with E-state index >= 15 is 4.39 Å². The number of hydrogen-bond acceptors (Lipinski definition) is 9. The number of ether oxygens (including phenoxy) is 1. The van der Waals surface area contributed by atoms with Crippen LogP contribution in [0.3, 0.4) is 0 Å². The summed E-state index contributed by atoms with van der Waals surface area (Å²) in [5.74, 6) is 0.255. The van der Waals surface area contributed by atoms with Gasteiger partial charge in [0.25, 0.3) is 0 Å². The first kappa shape index (κ1) is 17.5. The first-order valence-electron chi connectivity index (χ1n) is 7.49. The predicted octanol–water partition coefficient (Wildman–Crippen LogP) is -0.702. The van der Waals surface area contributed by atoms with Crippen molar-refractivity contribution < 1.29 is 33.1 Å². The van der Waals surface area contributed by atoms with Gasteiger partial charge in [0.05, 0.1) is 6.33 Å².